The molecule has 2 rings (SSSR count). The number of nitrogen functional groups attached to an aromatic ring is 1. The Labute approximate surface area is 107 Å². The lowest BCUT2D eigenvalue weighted by Crippen LogP contribution is -2.30. The van der Waals surface area contributed by atoms with Gasteiger partial charge in [0, 0.05) is 12.2 Å². The zero-order valence-electron chi connectivity index (χ0n) is 10.6. The van der Waals surface area contributed by atoms with Crippen LogP contribution in [0.25, 0.3) is 0 Å². The molecule has 0 heterocycles. The number of rotatable bonds is 5. The van der Waals surface area contributed by atoms with Crippen molar-refractivity contribution in [1.29, 1.82) is 0 Å². The molecular weight excluding hydrogens is 231 g/mol. The van der Waals surface area contributed by atoms with Gasteiger partial charge in [-0.2, -0.15) is 0 Å². The van der Waals surface area contributed by atoms with Gasteiger partial charge >= 0.3 is 0 Å². The minimum absolute atomic E-state index is 0.0662. The molecule has 3 nitrogen and oxygen atoms in total. The molecule has 1 aromatic carbocycles. The molecule has 0 bridgehead atoms. The van der Waals surface area contributed by atoms with Gasteiger partial charge in [-0.05, 0) is 42.9 Å². The van der Waals surface area contributed by atoms with E-state index in [0.717, 1.165) is 25.7 Å². The van der Waals surface area contributed by atoms with Crippen molar-refractivity contribution in [3.63, 3.8) is 0 Å². The smallest absolute Gasteiger partial charge is 0.254 e. The van der Waals surface area contributed by atoms with Gasteiger partial charge in [0.1, 0.15) is 5.82 Å². The Morgan fingerprint density at radius 3 is 2.78 bits per heavy atom. The molecule has 1 aromatic rings. The highest BCUT2D eigenvalue weighted by atomic mass is 19.1. The third-order valence-corrected chi connectivity index (χ3v) is 3.60. The number of nitrogens with one attached hydrogen (secondary N) is 1. The molecule has 1 fully saturated rings. The van der Waals surface area contributed by atoms with Crippen LogP contribution < -0.4 is 11.1 Å². The quantitative estimate of drug-likeness (QED) is 0.789. The summed E-state index contributed by atoms with van der Waals surface area (Å²) in [7, 11) is 0. The molecular formula is C14H19FN2O. The monoisotopic (exact) mass is 250 g/mol. The largest absolute Gasteiger partial charge is 0.399 e. The molecule has 1 amide bonds. The maximum Gasteiger partial charge on any atom is 0.254 e. The van der Waals surface area contributed by atoms with Gasteiger partial charge in [-0.15, -0.1) is 0 Å². The minimum Gasteiger partial charge on any atom is -0.399 e. The molecule has 3 N–H and O–H groups in total. The predicted molar refractivity (Wildman–Crippen MR) is 69.7 cm³/mol. The zero-order valence-corrected chi connectivity index (χ0v) is 10.6. The van der Waals surface area contributed by atoms with Crippen molar-refractivity contribution in [3.05, 3.63) is 29.6 Å². The number of nitrogens with two attached hydrogens (primary N) is 1. The normalized spacial score (nSPS) is 16.3. The number of benzene rings is 1. The average molecular weight is 250 g/mol. The first-order valence-electron chi connectivity index (χ1n) is 6.39. The summed E-state index contributed by atoms with van der Waals surface area (Å²) >= 11 is 0. The summed E-state index contributed by atoms with van der Waals surface area (Å²) in [6, 6.07) is 4.14. The van der Waals surface area contributed by atoms with E-state index in [9.17, 15) is 9.18 Å². The van der Waals surface area contributed by atoms with Crippen molar-refractivity contribution >= 4 is 11.6 Å². The maximum absolute atomic E-state index is 13.5. The van der Waals surface area contributed by atoms with E-state index in [1.807, 2.05) is 0 Å². The third kappa shape index (κ3) is 2.81. The van der Waals surface area contributed by atoms with Gasteiger partial charge in [-0.3, -0.25) is 4.79 Å². The Morgan fingerprint density at radius 1 is 1.50 bits per heavy atom. The van der Waals surface area contributed by atoms with Crippen LogP contribution >= 0.6 is 0 Å². The fraction of sp³-hybridized carbons (Fsp3) is 0.500. The Kier molecular flexibility index (Phi) is 3.55. The minimum atomic E-state index is -0.562. The summed E-state index contributed by atoms with van der Waals surface area (Å²) in [6.07, 6.45) is 4.56. The SMILES string of the molecule is CCCC1(CNC(=O)c2ccc(N)cc2F)CC1. The van der Waals surface area contributed by atoms with Crippen LogP contribution in [0, 0.1) is 11.2 Å². The van der Waals surface area contributed by atoms with Crippen molar-refractivity contribution in [2.75, 3.05) is 12.3 Å². The highest BCUT2D eigenvalue weighted by Crippen LogP contribution is 2.48. The Hall–Kier alpha value is -1.58. The molecule has 0 spiro atoms. The van der Waals surface area contributed by atoms with Crippen LogP contribution in [0.4, 0.5) is 10.1 Å². The van der Waals surface area contributed by atoms with E-state index >= 15 is 0 Å². The van der Waals surface area contributed by atoms with Crippen LogP contribution in [0.5, 0.6) is 0 Å². The van der Waals surface area contributed by atoms with Crippen LogP contribution in [0.2, 0.25) is 0 Å². The number of anilines is 1. The molecule has 1 aliphatic rings. The van der Waals surface area contributed by atoms with Crippen LogP contribution in [0.1, 0.15) is 43.0 Å². The van der Waals surface area contributed by atoms with E-state index in [1.165, 1.54) is 18.2 Å². The lowest BCUT2D eigenvalue weighted by Gasteiger charge is -2.15. The van der Waals surface area contributed by atoms with Crippen molar-refractivity contribution in [1.82, 2.24) is 5.32 Å². The standard InChI is InChI=1S/C14H19FN2O/c1-2-5-14(6-7-14)9-17-13(18)11-4-3-10(16)8-12(11)15/h3-4,8H,2,5-7,9,16H2,1H3,(H,17,18). The summed E-state index contributed by atoms with van der Waals surface area (Å²) in [4.78, 5) is 11.9. The van der Waals surface area contributed by atoms with Crippen LogP contribution in [-0.2, 0) is 0 Å². The molecule has 0 saturated heterocycles. The van der Waals surface area contributed by atoms with E-state index in [2.05, 4.69) is 12.2 Å². The molecule has 98 valence electrons. The molecule has 1 aliphatic carbocycles. The number of hydrogen-bond donors (Lipinski definition) is 2. The highest BCUT2D eigenvalue weighted by molar-refractivity contribution is 5.94. The van der Waals surface area contributed by atoms with Gasteiger partial charge in [0.05, 0.1) is 5.56 Å². The molecule has 0 aliphatic heterocycles. The molecule has 4 heteroatoms. The van der Waals surface area contributed by atoms with E-state index in [-0.39, 0.29) is 16.9 Å². The second-order valence-corrected chi connectivity index (χ2v) is 5.17. The van der Waals surface area contributed by atoms with Crippen molar-refractivity contribution in [2.45, 2.75) is 32.6 Å². The Morgan fingerprint density at radius 2 is 2.22 bits per heavy atom. The predicted octanol–water partition coefficient (Wildman–Crippen LogP) is 2.72. The van der Waals surface area contributed by atoms with Gasteiger partial charge < -0.3 is 11.1 Å². The topological polar surface area (TPSA) is 55.1 Å². The summed E-state index contributed by atoms with van der Waals surface area (Å²) in [5, 5.41) is 2.83. The maximum atomic E-state index is 13.5. The molecule has 0 unspecified atom stereocenters. The second-order valence-electron chi connectivity index (χ2n) is 5.17. The van der Waals surface area contributed by atoms with E-state index in [4.69, 9.17) is 5.73 Å². The zero-order chi connectivity index (χ0) is 13.2. The van der Waals surface area contributed by atoms with Gasteiger partial charge in [-0.1, -0.05) is 13.3 Å². The number of carbonyl (C=O) groups is 1. The summed E-state index contributed by atoms with van der Waals surface area (Å²) in [6.45, 7) is 2.78. The van der Waals surface area contributed by atoms with E-state index in [1.54, 1.807) is 0 Å². The summed E-state index contributed by atoms with van der Waals surface area (Å²) < 4.78 is 13.5. The third-order valence-electron chi connectivity index (χ3n) is 3.60. The molecule has 0 aromatic heterocycles. The van der Waals surface area contributed by atoms with Crippen molar-refractivity contribution in [3.8, 4) is 0 Å². The number of carbonyl (C=O) groups excluding carboxylic acids is 1. The molecule has 1 saturated carbocycles. The lowest BCUT2D eigenvalue weighted by atomic mass is 10.0. The first-order chi connectivity index (χ1) is 8.56. The first kappa shape index (κ1) is 12.9. The Balaban J connectivity index is 1.96. The lowest BCUT2D eigenvalue weighted by molar-refractivity contribution is 0.0939. The molecule has 0 atom stereocenters. The van der Waals surface area contributed by atoms with Gasteiger partial charge in [0.15, 0.2) is 0 Å². The summed E-state index contributed by atoms with van der Waals surface area (Å²) in [5.74, 6) is -0.914. The fourth-order valence-electron chi connectivity index (χ4n) is 2.30. The highest BCUT2D eigenvalue weighted by Gasteiger charge is 2.41. The van der Waals surface area contributed by atoms with Crippen molar-refractivity contribution < 1.29 is 9.18 Å². The fourth-order valence-corrected chi connectivity index (χ4v) is 2.30. The van der Waals surface area contributed by atoms with Gasteiger partial charge in [0.25, 0.3) is 5.91 Å². The van der Waals surface area contributed by atoms with E-state index in [0.29, 0.717) is 12.2 Å². The second kappa shape index (κ2) is 4.96. The van der Waals surface area contributed by atoms with Crippen LogP contribution in [0.3, 0.4) is 0 Å². The number of hydrogen-bond acceptors (Lipinski definition) is 2. The van der Waals surface area contributed by atoms with Gasteiger partial charge in [-0.25, -0.2) is 4.39 Å². The Bertz CT molecular complexity index is 455. The van der Waals surface area contributed by atoms with E-state index < -0.39 is 5.82 Å². The number of amides is 1. The number of halogens is 1. The average Bonchev–Trinajstić information content (AvgIpc) is 3.07. The van der Waals surface area contributed by atoms with Crippen LogP contribution in [-0.4, -0.2) is 12.5 Å². The van der Waals surface area contributed by atoms with Crippen LogP contribution in [0.15, 0.2) is 18.2 Å². The van der Waals surface area contributed by atoms with Crippen molar-refractivity contribution in [2.24, 2.45) is 5.41 Å². The van der Waals surface area contributed by atoms with Gasteiger partial charge in [0.2, 0.25) is 0 Å². The molecule has 18 heavy (non-hydrogen) atoms. The molecule has 0 radical (unpaired) electrons. The first-order valence-corrected chi connectivity index (χ1v) is 6.39. The summed E-state index contributed by atoms with van der Waals surface area (Å²) in [5.41, 5.74) is 6.11.